The van der Waals surface area contributed by atoms with Crippen molar-refractivity contribution in [1.82, 2.24) is 0 Å². The zero-order valence-electron chi connectivity index (χ0n) is 7.39. The molecule has 1 aromatic rings. The molecule has 1 N–H and O–H groups in total. The Labute approximate surface area is 72.8 Å². The summed E-state index contributed by atoms with van der Waals surface area (Å²) in [7, 11) is 0. The van der Waals surface area contributed by atoms with Gasteiger partial charge in [-0.25, -0.2) is 0 Å². The van der Waals surface area contributed by atoms with Crippen LogP contribution in [0, 0.1) is 25.2 Å². The number of rotatable bonds is 2. The molecule has 0 bridgehead atoms. The fraction of sp³-hybridized carbons (Fsp3) is 0.300. The average Bonchev–Trinajstić information content (AvgIpc) is 2.03. The number of nitrogens with one attached hydrogen (secondary N) is 1. The molecule has 0 unspecified atom stereocenters. The van der Waals surface area contributed by atoms with Gasteiger partial charge in [0, 0.05) is 5.69 Å². The van der Waals surface area contributed by atoms with Crippen molar-refractivity contribution in [2.45, 2.75) is 13.8 Å². The molecule has 0 aromatic heterocycles. The molecule has 1 rings (SSSR count). The van der Waals surface area contributed by atoms with Gasteiger partial charge in [-0.05, 0) is 25.5 Å². The van der Waals surface area contributed by atoms with E-state index in [0.717, 1.165) is 5.69 Å². The van der Waals surface area contributed by atoms with Crippen molar-refractivity contribution in [2.24, 2.45) is 0 Å². The van der Waals surface area contributed by atoms with Crippen LogP contribution in [0.1, 0.15) is 11.1 Å². The highest BCUT2D eigenvalue weighted by atomic mass is 14.9. The maximum Gasteiger partial charge on any atom is 0.103 e. The first-order chi connectivity index (χ1) is 5.74. The second-order valence-corrected chi connectivity index (χ2v) is 2.83. The number of hydrogen-bond acceptors (Lipinski definition) is 2. The molecule has 0 spiro atoms. The summed E-state index contributed by atoms with van der Waals surface area (Å²) in [6.07, 6.45) is 0. The highest BCUT2D eigenvalue weighted by molar-refractivity contribution is 5.52. The minimum absolute atomic E-state index is 0.365. The highest BCUT2D eigenvalue weighted by Crippen LogP contribution is 2.15. The summed E-state index contributed by atoms with van der Waals surface area (Å²) < 4.78 is 0. The Morgan fingerprint density at radius 1 is 1.42 bits per heavy atom. The Balaban J connectivity index is 2.81. The predicted molar refractivity (Wildman–Crippen MR) is 50.0 cm³/mol. The Bertz CT molecular complexity index is 310. The van der Waals surface area contributed by atoms with Crippen LogP contribution in [-0.4, -0.2) is 6.54 Å². The van der Waals surface area contributed by atoms with Gasteiger partial charge < -0.3 is 5.32 Å². The van der Waals surface area contributed by atoms with E-state index in [2.05, 4.69) is 18.3 Å². The third kappa shape index (κ3) is 2.00. The molecule has 0 aliphatic carbocycles. The SMILES string of the molecule is Cc1ccc(NCC#N)c(C)c1. The van der Waals surface area contributed by atoms with Gasteiger partial charge in [-0.15, -0.1) is 0 Å². The first kappa shape index (κ1) is 8.61. The number of nitriles is 1. The predicted octanol–water partition coefficient (Wildman–Crippen LogP) is 2.24. The molecule has 2 heteroatoms. The van der Waals surface area contributed by atoms with Gasteiger partial charge in [-0.2, -0.15) is 5.26 Å². The summed E-state index contributed by atoms with van der Waals surface area (Å²) in [4.78, 5) is 0. The van der Waals surface area contributed by atoms with E-state index in [1.807, 2.05) is 25.1 Å². The molecule has 0 saturated heterocycles. The van der Waals surface area contributed by atoms with Crippen molar-refractivity contribution in [3.8, 4) is 6.07 Å². The van der Waals surface area contributed by atoms with Crippen LogP contribution in [0.3, 0.4) is 0 Å². The van der Waals surface area contributed by atoms with Crippen molar-refractivity contribution in [1.29, 1.82) is 5.26 Å². The van der Waals surface area contributed by atoms with Crippen LogP contribution >= 0.6 is 0 Å². The zero-order chi connectivity index (χ0) is 8.97. The smallest absolute Gasteiger partial charge is 0.103 e. The van der Waals surface area contributed by atoms with Crippen molar-refractivity contribution in [3.63, 3.8) is 0 Å². The minimum atomic E-state index is 0.365. The molecule has 62 valence electrons. The van der Waals surface area contributed by atoms with Crippen LogP contribution in [0.5, 0.6) is 0 Å². The first-order valence-electron chi connectivity index (χ1n) is 3.92. The van der Waals surface area contributed by atoms with Crippen molar-refractivity contribution in [3.05, 3.63) is 29.3 Å². The molecule has 0 amide bonds. The highest BCUT2D eigenvalue weighted by Gasteiger charge is 1.95. The monoisotopic (exact) mass is 160 g/mol. The second kappa shape index (κ2) is 3.77. The zero-order valence-corrected chi connectivity index (χ0v) is 7.39. The van der Waals surface area contributed by atoms with Gasteiger partial charge in [0.25, 0.3) is 0 Å². The lowest BCUT2D eigenvalue weighted by Crippen LogP contribution is -1.99. The Kier molecular flexibility index (Phi) is 2.71. The first-order valence-corrected chi connectivity index (χ1v) is 3.92. The third-order valence-electron chi connectivity index (χ3n) is 1.74. The van der Waals surface area contributed by atoms with Gasteiger partial charge in [-0.1, -0.05) is 17.7 Å². The Morgan fingerprint density at radius 2 is 2.17 bits per heavy atom. The fourth-order valence-electron chi connectivity index (χ4n) is 1.15. The van der Waals surface area contributed by atoms with Gasteiger partial charge >= 0.3 is 0 Å². The van der Waals surface area contributed by atoms with E-state index in [0.29, 0.717) is 6.54 Å². The van der Waals surface area contributed by atoms with E-state index in [1.165, 1.54) is 11.1 Å². The summed E-state index contributed by atoms with van der Waals surface area (Å²) in [6.45, 7) is 4.46. The summed E-state index contributed by atoms with van der Waals surface area (Å²) in [5, 5.41) is 11.4. The maximum atomic E-state index is 8.36. The van der Waals surface area contributed by atoms with Gasteiger partial charge in [-0.3, -0.25) is 0 Å². The fourth-order valence-corrected chi connectivity index (χ4v) is 1.15. The molecule has 0 fully saturated rings. The molecule has 0 saturated carbocycles. The average molecular weight is 160 g/mol. The number of nitrogens with zero attached hydrogens (tertiary/aromatic N) is 1. The van der Waals surface area contributed by atoms with E-state index < -0.39 is 0 Å². The van der Waals surface area contributed by atoms with E-state index in [1.54, 1.807) is 0 Å². The molecule has 0 atom stereocenters. The molecule has 0 heterocycles. The van der Waals surface area contributed by atoms with E-state index in [4.69, 9.17) is 5.26 Å². The van der Waals surface area contributed by atoms with Crippen LogP contribution in [0.2, 0.25) is 0 Å². The molecular formula is C10H12N2. The van der Waals surface area contributed by atoms with Crippen LogP contribution in [-0.2, 0) is 0 Å². The number of benzene rings is 1. The largest absolute Gasteiger partial charge is 0.372 e. The van der Waals surface area contributed by atoms with Crippen LogP contribution < -0.4 is 5.32 Å². The lowest BCUT2D eigenvalue weighted by atomic mass is 10.1. The molecule has 0 aliphatic heterocycles. The topological polar surface area (TPSA) is 35.8 Å². The van der Waals surface area contributed by atoms with E-state index >= 15 is 0 Å². The lowest BCUT2D eigenvalue weighted by molar-refractivity contribution is 1.28. The summed E-state index contributed by atoms with van der Waals surface area (Å²) >= 11 is 0. The van der Waals surface area contributed by atoms with Crippen LogP contribution in [0.25, 0.3) is 0 Å². The van der Waals surface area contributed by atoms with Crippen LogP contribution in [0.15, 0.2) is 18.2 Å². The minimum Gasteiger partial charge on any atom is -0.372 e. The summed E-state index contributed by atoms with van der Waals surface area (Å²) in [6, 6.07) is 8.18. The summed E-state index contributed by atoms with van der Waals surface area (Å²) in [5.74, 6) is 0. The van der Waals surface area contributed by atoms with E-state index in [9.17, 15) is 0 Å². The van der Waals surface area contributed by atoms with Crippen molar-refractivity contribution < 1.29 is 0 Å². The maximum absolute atomic E-state index is 8.36. The number of hydrogen-bond donors (Lipinski definition) is 1. The standard InChI is InChI=1S/C10H12N2/c1-8-3-4-10(9(2)7-8)12-6-5-11/h3-4,7,12H,6H2,1-2H3. The molecule has 12 heavy (non-hydrogen) atoms. The van der Waals surface area contributed by atoms with E-state index in [-0.39, 0.29) is 0 Å². The van der Waals surface area contributed by atoms with Gasteiger partial charge in [0.15, 0.2) is 0 Å². The summed E-state index contributed by atoms with van der Waals surface area (Å²) in [5.41, 5.74) is 3.47. The quantitative estimate of drug-likeness (QED) is 0.673. The number of anilines is 1. The lowest BCUT2D eigenvalue weighted by Gasteiger charge is -2.06. The molecule has 2 nitrogen and oxygen atoms in total. The van der Waals surface area contributed by atoms with Gasteiger partial charge in [0.05, 0.1) is 6.07 Å². The molecule has 1 aromatic carbocycles. The van der Waals surface area contributed by atoms with Gasteiger partial charge in [0.2, 0.25) is 0 Å². The van der Waals surface area contributed by atoms with Gasteiger partial charge in [0.1, 0.15) is 6.54 Å². The third-order valence-corrected chi connectivity index (χ3v) is 1.74. The second-order valence-electron chi connectivity index (χ2n) is 2.83. The van der Waals surface area contributed by atoms with Crippen LogP contribution in [0.4, 0.5) is 5.69 Å². The molecule has 0 aliphatic rings. The number of aryl methyl sites for hydroxylation is 2. The van der Waals surface area contributed by atoms with Crippen molar-refractivity contribution in [2.75, 3.05) is 11.9 Å². The Morgan fingerprint density at radius 3 is 2.75 bits per heavy atom. The van der Waals surface area contributed by atoms with Crippen molar-refractivity contribution >= 4 is 5.69 Å². The molecule has 0 radical (unpaired) electrons. The Hall–Kier alpha value is -1.49. The molecular weight excluding hydrogens is 148 g/mol. The normalized spacial score (nSPS) is 9.08.